The second kappa shape index (κ2) is 6.91. The van der Waals surface area contributed by atoms with Gasteiger partial charge in [0, 0.05) is 11.5 Å². The van der Waals surface area contributed by atoms with Crippen LogP contribution in [0.1, 0.15) is 18.9 Å². The molecule has 1 unspecified atom stereocenters. The number of carboxylic acids is 1. The molecular weight excluding hydrogens is 326 g/mol. The van der Waals surface area contributed by atoms with E-state index in [2.05, 4.69) is 21.2 Å². The summed E-state index contributed by atoms with van der Waals surface area (Å²) in [4.78, 5) is 24.1. The molecule has 6 nitrogen and oxygen atoms in total. The third-order valence-corrected chi connectivity index (χ3v) is 3.30. The number of carboxylic acid groups (broad SMARTS) is 1. The SMILES string of the molecule is CCC(C(=O)O)N(C)C(=O)Nc1cc(Br)ccc1C#N. The Kier molecular flexibility index (Phi) is 5.53. The summed E-state index contributed by atoms with van der Waals surface area (Å²) in [5, 5.41) is 20.5. The second-order valence-corrected chi connectivity index (χ2v) is 5.02. The smallest absolute Gasteiger partial charge is 0.326 e. The lowest BCUT2D eigenvalue weighted by Crippen LogP contribution is -2.44. The molecule has 0 saturated heterocycles. The molecule has 0 aliphatic rings. The molecule has 0 heterocycles. The van der Waals surface area contributed by atoms with Crippen molar-refractivity contribution < 1.29 is 14.7 Å². The van der Waals surface area contributed by atoms with Gasteiger partial charge in [-0.25, -0.2) is 9.59 Å². The number of hydrogen-bond acceptors (Lipinski definition) is 3. The quantitative estimate of drug-likeness (QED) is 0.881. The van der Waals surface area contributed by atoms with Crippen molar-refractivity contribution in [3.63, 3.8) is 0 Å². The molecule has 7 heteroatoms. The van der Waals surface area contributed by atoms with Crippen molar-refractivity contribution >= 4 is 33.6 Å². The van der Waals surface area contributed by atoms with E-state index < -0.39 is 18.0 Å². The number of nitrogens with one attached hydrogen (secondary N) is 1. The Hall–Kier alpha value is -2.07. The zero-order valence-electron chi connectivity index (χ0n) is 11.1. The van der Waals surface area contributed by atoms with Crippen LogP contribution in [-0.2, 0) is 4.79 Å². The third-order valence-electron chi connectivity index (χ3n) is 2.80. The van der Waals surface area contributed by atoms with Crippen LogP contribution in [-0.4, -0.2) is 35.1 Å². The Bertz CT molecular complexity index is 568. The van der Waals surface area contributed by atoms with Gasteiger partial charge in [-0.15, -0.1) is 0 Å². The zero-order valence-corrected chi connectivity index (χ0v) is 12.6. The highest BCUT2D eigenvalue weighted by Crippen LogP contribution is 2.21. The van der Waals surface area contributed by atoms with Crippen LogP contribution < -0.4 is 5.32 Å². The number of hydrogen-bond donors (Lipinski definition) is 2. The Morgan fingerprint density at radius 3 is 2.70 bits per heavy atom. The number of benzene rings is 1. The molecule has 0 radical (unpaired) electrons. The molecule has 0 aromatic heterocycles. The number of aliphatic carboxylic acids is 1. The Balaban J connectivity index is 2.93. The number of halogens is 1. The van der Waals surface area contributed by atoms with Gasteiger partial charge < -0.3 is 15.3 Å². The minimum atomic E-state index is -1.07. The molecule has 1 rings (SSSR count). The lowest BCUT2D eigenvalue weighted by atomic mass is 10.2. The maximum Gasteiger partial charge on any atom is 0.326 e. The first-order valence-electron chi connectivity index (χ1n) is 5.87. The van der Waals surface area contributed by atoms with E-state index in [0.29, 0.717) is 22.1 Å². The fourth-order valence-electron chi connectivity index (χ4n) is 1.68. The Morgan fingerprint density at radius 1 is 1.55 bits per heavy atom. The fraction of sp³-hybridized carbons (Fsp3) is 0.308. The third kappa shape index (κ3) is 3.71. The summed E-state index contributed by atoms with van der Waals surface area (Å²) in [7, 11) is 1.40. The predicted molar refractivity (Wildman–Crippen MR) is 77.4 cm³/mol. The number of carbonyl (C=O) groups is 2. The highest BCUT2D eigenvalue weighted by Gasteiger charge is 2.25. The average molecular weight is 340 g/mol. The number of rotatable bonds is 4. The van der Waals surface area contributed by atoms with Crippen LogP contribution in [0.25, 0.3) is 0 Å². The van der Waals surface area contributed by atoms with E-state index in [-0.39, 0.29) is 0 Å². The lowest BCUT2D eigenvalue weighted by molar-refractivity contribution is -0.141. The summed E-state index contributed by atoms with van der Waals surface area (Å²) >= 11 is 3.25. The predicted octanol–water partition coefficient (Wildman–Crippen LogP) is 2.65. The highest BCUT2D eigenvalue weighted by molar-refractivity contribution is 9.10. The molecule has 1 atom stereocenters. The molecule has 0 saturated carbocycles. The van der Waals surface area contributed by atoms with Crippen LogP contribution in [0, 0.1) is 11.3 Å². The fourth-order valence-corrected chi connectivity index (χ4v) is 2.04. The van der Waals surface area contributed by atoms with E-state index in [4.69, 9.17) is 10.4 Å². The molecule has 0 bridgehead atoms. The van der Waals surface area contributed by atoms with Gasteiger partial charge in [-0.3, -0.25) is 0 Å². The largest absolute Gasteiger partial charge is 0.480 e. The van der Waals surface area contributed by atoms with E-state index in [1.807, 2.05) is 6.07 Å². The average Bonchev–Trinajstić information content (AvgIpc) is 2.39. The summed E-state index contributed by atoms with van der Waals surface area (Å²) in [5.41, 5.74) is 0.636. The normalized spacial score (nSPS) is 11.3. The summed E-state index contributed by atoms with van der Waals surface area (Å²) in [6, 6.07) is 5.32. The number of nitrogens with zero attached hydrogens (tertiary/aromatic N) is 2. The van der Waals surface area contributed by atoms with Gasteiger partial charge in [0.1, 0.15) is 12.1 Å². The zero-order chi connectivity index (χ0) is 15.3. The van der Waals surface area contributed by atoms with Gasteiger partial charge in [0.15, 0.2) is 0 Å². The minimum Gasteiger partial charge on any atom is -0.480 e. The number of urea groups is 1. The van der Waals surface area contributed by atoms with Crippen LogP contribution in [0.5, 0.6) is 0 Å². The summed E-state index contributed by atoms with van der Waals surface area (Å²) in [5.74, 6) is -1.07. The Labute approximate surface area is 125 Å². The molecule has 0 aliphatic heterocycles. The molecule has 0 fully saturated rings. The van der Waals surface area contributed by atoms with Crippen molar-refractivity contribution in [3.05, 3.63) is 28.2 Å². The van der Waals surface area contributed by atoms with Gasteiger partial charge in [0.2, 0.25) is 0 Å². The minimum absolute atomic E-state index is 0.294. The van der Waals surface area contributed by atoms with Gasteiger partial charge in [0.25, 0.3) is 0 Å². The van der Waals surface area contributed by atoms with E-state index in [1.165, 1.54) is 7.05 Å². The van der Waals surface area contributed by atoms with Crippen molar-refractivity contribution in [2.75, 3.05) is 12.4 Å². The standard InChI is InChI=1S/C13H14BrN3O3/c1-3-11(12(18)19)17(2)13(20)16-10-6-9(14)5-4-8(10)7-15/h4-6,11H,3H2,1-2H3,(H,16,20)(H,18,19). The first kappa shape index (κ1) is 16.0. The van der Waals surface area contributed by atoms with E-state index in [9.17, 15) is 9.59 Å². The lowest BCUT2D eigenvalue weighted by Gasteiger charge is -2.24. The highest BCUT2D eigenvalue weighted by atomic mass is 79.9. The van der Waals surface area contributed by atoms with Crippen LogP contribution in [0.2, 0.25) is 0 Å². The Morgan fingerprint density at radius 2 is 2.20 bits per heavy atom. The summed E-state index contributed by atoms with van der Waals surface area (Å²) in [6.07, 6.45) is 0.294. The molecule has 106 valence electrons. The topological polar surface area (TPSA) is 93.4 Å². The van der Waals surface area contributed by atoms with Gasteiger partial charge in [-0.1, -0.05) is 22.9 Å². The first-order valence-corrected chi connectivity index (χ1v) is 6.66. The van der Waals surface area contributed by atoms with Crippen LogP contribution in [0.3, 0.4) is 0 Å². The number of likely N-dealkylation sites (N-methyl/N-ethyl adjacent to an activating group) is 1. The molecule has 0 aliphatic carbocycles. The molecule has 20 heavy (non-hydrogen) atoms. The van der Waals surface area contributed by atoms with Gasteiger partial charge in [-0.2, -0.15) is 5.26 Å². The monoisotopic (exact) mass is 339 g/mol. The van der Waals surface area contributed by atoms with Crippen molar-refractivity contribution in [2.45, 2.75) is 19.4 Å². The molecule has 2 amide bonds. The van der Waals surface area contributed by atoms with Crippen molar-refractivity contribution in [3.8, 4) is 6.07 Å². The first-order chi connectivity index (χ1) is 9.40. The van der Waals surface area contributed by atoms with Crippen molar-refractivity contribution in [1.29, 1.82) is 5.26 Å². The van der Waals surface area contributed by atoms with Gasteiger partial charge in [-0.05, 0) is 24.6 Å². The second-order valence-electron chi connectivity index (χ2n) is 4.11. The number of anilines is 1. The van der Waals surface area contributed by atoms with Crippen molar-refractivity contribution in [1.82, 2.24) is 4.90 Å². The van der Waals surface area contributed by atoms with Crippen molar-refractivity contribution in [2.24, 2.45) is 0 Å². The number of nitriles is 1. The molecular formula is C13H14BrN3O3. The van der Waals surface area contributed by atoms with Crippen LogP contribution in [0.4, 0.5) is 10.5 Å². The van der Waals surface area contributed by atoms with E-state index in [0.717, 1.165) is 4.90 Å². The number of amides is 2. The van der Waals surface area contributed by atoms with Gasteiger partial charge >= 0.3 is 12.0 Å². The maximum absolute atomic E-state index is 12.0. The maximum atomic E-state index is 12.0. The van der Waals surface area contributed by atoms with E-state index in [1.54, 1.807) is 25.1 Å². The summed E-state index contributed by atoms with van der Waals surface area (Å²) in [6.45, 7) is 1.68. The van der Waals surface area contributed by atoms with Crippen LogP contribution in [0.15, 0.2) is 22.7 Å². The van der Waals surface area contributed by atoms with E-state index >= 15 is 0 Å². The number of carbonyl (C=O) groups excluding carboxylic acids is 1. The molecule has 1 aromatic rings. The summed E-state index contributed by atoms with van der Waals surface area (Å²) < 4.78 is 0.708. The van der Waals surface area contributed by atoms with Crippen LogP contribution >= 0.6 is 15.9 Å². The van der Waals surface area contributed by atoms with Gasteiger partial charge in [0.05, 0.1) is 11.3 Å². The molecule has 2 N–H and O–H groups in total. The molecule has 0 spiro atoms. The molecule has 1 aromatic carbocycles.